The molecule has 0 fully saturated rings. The molecule has 1 aromatic rings. The second-order valence-corrected chi connectivity index (χ2v) is 5.03. The van der Waals surface area contributed by atoms with Crippen molar-refractivity contribution >= 4 is 0 Å². The summed E-state index contributed by atoms with van der Waals surface area (Å²) in [5.41, 5.74) is 1.14. The normalized spacial score (nSPS) is 14.7. The van der Waals surface area contributed by atoms with Gasteiger partial charge in [0.05, 0.1) is 19.3 Å². The minimum absolute atomic E-state index is 0.130. The quantitative estimate of drug-likeness (QED) is 0.571. The highest BCUT2D eigenvalue weighted by molar-refractivity contribution is 5.13. The predicted molar refractivity (Wildman–Crippen MR) is 72.1 cm³/mol. The van der Waals surface area contributed by atoms with Crippen molar-refractivity contribution in [2.45, 2.75) is 33.5 Å². The lowest BCUT2D eigenvalue weighted by molar-refractivity contribution is -0.0851. The van der Waals surface area contributed by atoms with E-state index in [1.807, 2.05) is 51.1 Å². The van der Waals surface area contributed by atoms with Crippen LogP contribution in [0.3, 0.4) is 0 Å². The molecule has 0 unspecified atom stereocenters. The van der Waals surface area contributed by atoms with Crippen LogP contribution < -0.4 is 0 Å². The van der Waals surface area contributed by atoms with Gasteiger partial charge in [-0.15, -0.1) is 0 Å². The van der Waals surface area contributed by atoms with Crippen molar-refractivity contribution in [3.05, 3.63) is 35.9 Å². The summed E-state index contributed by atoms with van der Waals surface area (Å²) in [7, 11) is 0. The Morgan fingerprint density at radius 1 is 1.06 bits per heavy atom. The molecule has 0 spiro atoms. The molecule has 1 N–H and O–H groups in total. The average Bonchev–Trinajstić information content (AvgIpc) is 2.38. The molecule has 0 amide bonds. The largest absolute Gasteiger partial charge is 0.392 e. The highest BCUT2D eigenvalue weighted by Crippen LogP contribution is 2.12. The van der Waals surface area contributed by atoms with E-state index in [1.165, 1.54) is 0 Å². The lowest BCUT2D eigenvalue weighted by Crippen LogP contribution is -2.27. The van der Waals surface area contributed by atoms with Gasteiger partial charge < -0.3 is 14.6 Å². The molecule has 2 atom stereocenters. The molecule has 102 valence electrons. The Morgan fingerprint density at radius 3 is 2.33 bits per heavy atom. The third kappa shape index (κ3) is 5.63. The van der Waals surface area contributed by atoms with Gasteiger partial charge in [0.1, 0.15) is 6.79 Å². The molecule has 0 aliphatic rings. The summed E-state index contributed by atoms with van der Waals surface area (Å²) in [6, 6.07) is 9.99. The Bertz CT molecular complexity index is 311. The topological polar surface area (TPSA) is 38.7 Å². The highest BCUT2D eigenvalue weighted by atomic mass is 16.7. The average molecular weight is 252 g/mol. The van der Waals surface area contributed by atoms with E-state index < -0.39 is 0 Å². The lowest BCUT2D eigenvalue weighted by Gasteiger charge is -2.21. The van der Waals surface area contributed by atoms with Gasteiger partial charge in [0.2, 0.25) is 0 Å². The van der Waals surface area contributed by atoms with E-state index in [9.17, 15) is 5.11 Å². The second-order valence-electron chi connectivity index (χ2n) is 5.03. The molecule has 1 aromatic carbocycles. The van der Waals surface area contributed by atoms with Crippen LogP contribution in [-0.4, -0.2) is 24.6 Å². The Balaban J connectivity index is 2.09. The molecule has 0 radical (unpaired) electrons. The maximum atomic E-state index is 9.81. The fourth-order valence-corrected chi connectivity index (χ4v) is 1.78. The van der Waals surface area contributed by atoms with E-state index in [0.29, 0.717) is 13.2 Å². The first-order valence-electron chi connectivity index (χ1n) is 6.48. The van der Waals surface area contributed by atoms with Crippen LogP contribution in [0.5, 0.6) is 0 Å². The molecule has 3 nitrogen and oxygen atoms in total. The number of hydrogen-bond acceptors (Lipinski definition) is 3. The first-order chi connectivity index (χ1) is 8.61. The fraction of sp³-hybridized carbons (Fsp3) is 0.600. The van der Waals surface area contributed by atoms with E-state index in [4.69, 9.17) is 9.47 Å². The summed E-state index contributed by atoms with van der Waals surface area (Å²) in [5.74, 6) is 0.388. The van der Waals surface area contributed by atoms with Gasteiger partial charge in [0.25, 0.3) is 0 Å². The second kappa shape index (κ2) is 8.25. The van der Waals surface area contributed by atoms with Crippen LogP contribution in [0.25, 0.3) is 0 Å². The van der Waals surface area contributed by atoms with Gasteiger partial charge in [-0.25, -0.2) is 0 Å². The van der Waals surface area contributed by atoms with Gasteiger partial charge in [-0.2, -0.15) is 0 Å². The molecule has 0 saturated carbocycles. The SMILES string of the molecule is CC(C)[C@H](O)[C@@H](C)COCOCc1ccccc1. The van der Waals surface area contributed by atoms with Gasteiger partial charge in [0.15, 0.2) is 0 Å². The number of benzene rings is 1. The van der Waals surface area contributed by atoms with Gasteiger partial charge in [-0.1, -0.05) is 51.1 Å². The smallest absolute Gasteiger partial charge is 0.147 e. The molecule has 0 bridgehead atoms. The van der Waals surface area contributed by atoms with Crippen LogP contribution in [0.15, 0.2) is 30.3 Å². The van der Waals surface area contributed by atoms with Crippen LogP contribution in [0.4, 0.5) is 0 Å². The van der Waals surface area contributed by atoms with Crippen molar-refractivity contribution in [2.75, 3.05) is 13.4 Å². The fourth-order valence-electron chi connectivity index (χ4n) is 1.78. The highest BCUT2D eigenvalue weighted by Gasteiger charge is 2.17. The zero-order valence-corrected chi connectivity index (χ0v) is 11.5. The van der Waals surface area contributed by atoms with Crippen molar-refractivity contribution < 1.29 is 14.6 Å². The van der Waals surface area contributed by atoms with Gasteiger partial charge in [-0.05, 0) is 11.5 Å². The first kappa shape index (κ1) is 15.2. The van der Waals surface area contributed by atoms with E-state index >= 15 is 0 Å². The standard InChI is InChI=1S/C15H24O3/c1-12(2)15(16)13(3)9-17-11-18-10-14-7-5-4-6-8-14/h4-8,12-13,15-16H,9-11H2,1-3H3/t13-,15-/m0/s1. The van der Waals surface area contributed by atoms with Crippen molar-refractivity contribution in [1.82, 2.24) is 0 Å². The molecule has 1 rings (SSSR count). The Morgan fingerprint density at radius 2 is 1.72 bits per heavy atom. The molecule has 3 heteroatoms. The first-order valence-corrected chi connectivity index (χ1v) is 6.48. The van der Waals surface area contributed by atoms with E-state index in [2.05, 4.69) is 0 Å². The number of rotatable bonds is 8. The molecule has 0 aromatic heterocycles. The maximum Gasteiger partial charge on any atom is 0.147 e. The van der Waals surface area contributed by atoms with Crippen molar-refractivity contribution in [3.63, 3.8) is 0 Å². The monoisotopic (exact) mass is 252 g/mol. The van der Waals surface area contributed by atoms with Crippen LogP contribution in [0.1, 0.15) is 26.3 Å². The van der Waals surface area contributed by atoms with Gasteiger partial charge in [-0.3, -0.25) is 0 Å². The third-order valence-corrected chi connectivity index (χ3v) is 2.93. The molecule has 0 aliphatic carbocycles. The minimum Gasteiger partial charge on any atom is -0.392 e. The Labute approximate surface area is 110 Å². The van der Waals surface area contributed by atoms with Crippen LogP contribution >= 0.6 is 0 Å². The van der Waals surface area contributed by atoms with E-state index in [1.54, 1.807) is 0 Å². The van der Waals surface area contributed by atoms with Gasteiger partial charge >= 0.3 is 0 Å². The maximum absolute atomic E-state index is 9.81. The molecular weight excluding hydrogens is 228 g/mol. The summed E-state index contributed by atoms with van der Waals surface area (Å²) in [5, 5.41) is 9.81. The molecular formula is C15H24O3. The Hall–Kier alpha value is -0.900. The predicted octanol–water partition coefficient (Wildman–Crippen LogP) is 2.83. The van der Waals surface area contributed by atoms with Crippen molar-refractivity contribution in [1.29, 1.82) is 0 Å². The van der Waals surface area contributed by atoms with Crippen LogP contribution in [0, 0.1) is 11.8 Å². The molecule has 18 heavy (non-hydrogen) atoms. The third-order valence-electron chi connectivity index (χ3n) is 2.93. The molecule has 0 heterocycles. The van der Waals surface area contributed by atoms with E-state index in [0.717, 1.165) is 5.56 Å². The van der Waals surface area contributed by atoms with Crippen molar-refractivity contribution in [2.24, 2.45) is 11.8 Å². The molecule has 0 saturated heterocycles. The van der Waals surface area contributed by atoms with Crippen LogP contribution in [-0.2, 0) is 16.1 Å². The van der Waals surface area contributed by atoms with Gasteiger partial charge in [0, 0.05) is 5.92 Å². The summed E-state index contributed by atoms with van der Waals surface area (Å²) in [4.78, 5) is 0. The Kier molecular flexibility index (Phi) is 6.94. The zero-order valence-electron chi connectivity index (χ0n) is 11.5. The number of hydrogen-bond donors (Lipinski definition) is 1. The molecule has 0 aliphatic heterocycles. The number of ether oxygens (including phenoxy) is 2. The lowest BCUT2D eigenvalue weighted by atomic mass is 9.96. The summed E-state index contributed by atoms with van der Waals surface area (Å²) < 4.78 is 10.8. The van der Waals surface area contributed by atoms with Crippen LogP contribution in [0.2, 0.25) is 0 Å². The summed E-state index contributed by atoms with van der Waals surface area (Å²) in [6.07, 6.45) is -0.320. The van der Waals surface area contributed by atoms with E-state index in [-0.39, 0.29) is 24.7 Å². The summed E-state index contributed by atoms with van der Waals surface area (Å²) in [6.45, 7) is 7.35. The van der Waals surface area contributed by atoms with Crippen molar-refractivity contribution in [3.8, 4) is 0 Å². The number of aliphatic hydroxyl groups is 1. The zero-order chi connectivity index (χ0) is 13.4. The minimum atomic E-state index is -0.320. The number of aliphatic hydroxyl groups excluding tert-OH is 1. The summed E-state index contributed by atoms with van der Waals surface area (Å²) >= 11 is 0.